The van der Waals surface area contributed by atoms with Crippen molar-refractivity contribution in [2.24, 2.45) is 0 Å². The highest BCUT2D eigenvalue weighted by molar-refractivity contribution is 7.89. The molecule has 2 aromatic carbocycles. The standard InChI is InChI=1S/C23H25N5O5S/c1-31-18-8-9-20(32-2)19(16-18)23-26-25-21-10-11-22(27-28(21)23)33-14-13-24-34(29,30)15-12-17-6-4-3-5-7-17/h3-11,16,24H,12-15H2,1-2H3. The van der Waals surface area contributed by atoms with Crippen molar-refractivity contribution < 1.29 is 22.6 Å². The summed E-state index contributed by atoms with van der Waals surface area (Å²) in [6.45, 7) is 0.235. The molecule has 178 valence electrons. The lowest BCUT2D eigenvalue weighted by atomic mass is 10.2. The number of sulfonamides is 1. The van der Waals surface area contributed by atoms with E-state index in [2.05, 4.69) is 20.0 Å². The van der Waals surface area contributed by atoms with Gasteiger partial charge in [0, 0.05) is 12.6 Å². The van der Waals surface area contributed by atoms with Crippen LogP contribution in [0.2, 0.25) is 0 Å². The molecule has 34 heavy (non-hydrogen) atoms. The Morgan fingerprint density at radius 1 is 0.971 bits per heavy atom. The molecular weight excluding hydrogens is 458 g/mol. The van der Waals surface area contributed by atoms with E-state index >= 15 is 0 Å². The smallest absolute Gasteiger partial charge is 0.231 e. The number of nitrogens with zero attached hydrogens (tertiary/aromatic N) is 4. The molecule has 11 heteroatoms. The topological polar surface area (TPSA) is 117 Å². The van der Waals surface area contributed by atoms with Gasteiger partial charge in [-0.3, -0.25) is 0 Å². The Balaban J connectivity index is 1.40. The molecule has 0 aliphatic rings. The zero-order chi connectivity index (χ0) is 24.0. The van der Waals surface area contributed by atoms with Gasteiger partial charge in [-0.05, 0) is 36.2 Å². The van der Waals surface area contributed by atoms with Crippen LogP contribution in [0.4, 0.5) is 0 Å². The maximum atomic E-state index is 12.2. The summed E-state index contributed by atoms with van der Waals surface area (Å²) in [6.07, 6.45) is 0.444. The van der Waals surface area contributed by atoms with Crippen LogP contribution in [0.25, 0.3) is 17.0 Å². The van der Waals surface area contributed by atoms with Crippen molar-refractivity contribution in [3.05, 3.63) is 66.2 Å². The first-order valence-electron chi connectivity index (χ1n) is 10.6. The van der Waals surface area contributed by atoms with Crippen LogP contribution in [-0.2, 0) is 16.4 Å². The zero-order valence-electron chi connectivity index (χ0n) is 18.8. The maximum absolute atomic E-state index is 12.2. The predicted octanol–water partition coefficient (Wildman–Crippen LogP) is 2.35. The van der Waals surface area contributed by atoms with Crippen LogP contribution in [0.3, 0.4) is 0 Å². The van der Waals surface area contributed by atoms with Crippen LogP contribution in [0, 0.1) is 0 Å². The SMILES string of the molecule is COc1ccc(OC)c(-c2nnc3ccc(OCCNS(=O)(=O)CCc4ccccc4)nn23)c1. The molecule has 0 spiro atoms. The second kappa shape index (κ2) is 10.5. The van der Waals surface area contributed by atoms with Crippen molar-refractivity contribution in [1.29, 1.82) is 0 Å². The van der Waals surface area contributed by atoms with E-state index in [0.717, 1.165) is 5.56 Å². The lowest BCUT2D eigenvalue weighted by Gasteiger charge is -2.10. The Kier molecular flexibility index (Phi) is 7.24. The summed E-state index contributed by atoms with van der Waals surface area (Å²) in [7, 11) is -0.275. The van der Waals surface area contributed by atoms with Gasteiger partial charge in [-0.1, -0.05) is 30.3 Å². The van der Waals surface area contributed by atoms with Gasteiger partial charge in [0.15, 0.2) is 11.5 Å². The fourth-order valence-corrected chi connectivity index (χ4v) is 4.37. The van der Waals surface area contributed by atoms with Crippen LogP contribution in [-0.4, -0.2) is 61.4 Å². The van der Waals surface area contributed by atoms with Gasteiger partial charge in [0.05, 0.1) is 25.5 Å². The third-order valence-corrected chi connectivity index (χ3v) is 6.45. The summed E-state index contributed by atoms with van der Waals surface area (Å²) in [4.78, 5) is 0. The Bertz CT molecular complexity index is 1360. The van der Waals surface area contributed by atoms with E-state index in [0.29, 0.717) is 40.8 Å². The number of aryl methyl sites for hydroxylation is 1. The molecule has 0 atom stereocenters. The molecule has 0 amide bonds. The average molecular weight is 484 g/mol. The third-order valence-electron chi connectivity index (χ3n) is 5.06. The van der Waals surface area contributed by atoms with Crippen LogP contribution in [0.15, 0.2) is 60.7 Å². The quantitative estimate of drug-likeness (QED) is 0.323. The minimum absolute atomic E-state index is 0.00760. The molecule has 4 aromatic rings. The van der Waals surface area contributed by atoms with E-state index in [-0.39, 0.29) is 18.9 Å². The summed E-state index contributed by atoms with van der Waals surface area (Å²) < 4.78 is 45.0. The normalized spacial score (nSPS) is 11.5. The molecule has 10 nitrogen and oxygen atoms in total. The Labute approximate surface area is 197 Å². The van der Waals surface area contributed by atoms with Crippen LogP contribution in [0.1, 0.15) is 5.56 Å². The van der Waals surface area contributed by atoms with Crippen molar-refractivity contribution in [3.8, 4) is 28.8 Å². The van der Waals surface area contributed by atoms with Gasteiger partial charge in [0.25, 0.3) is 0 Å². The highest BCUT2D eigenvalue weighted by atomic mass is 32.2. The van der Waals surface area contributed by atoms with Gasteiger partial charge in [0.2, 0.25) is 15.9 Å². The molecule has 0 fully saturated rings. The monoisotopic (exact) mass is 483 g/mol. The number of nitrogens with one attached hydrogen (secondary N) is 1. The Hall–Kier alpha value is -3.70. The van der Waals surface area contributed by atoms with Crippen LogP contribution >= 0.6 is 0 Å². The van der Waals surface area contributed by atoms with Crippen molar-refractivity contribution in [1.82, 2.24) is 24.5 Å². The first-order chi connectivity index (χ1) is 16.5. The van der Waals surface area contributed by atoms with Crippen molar-refractivity contribution in [3.63, 3.8) is 0 Å². The molecule has 2 aromatic heterocycles. The van der Waals surface area contributed by atoms with Gasteiger partial charge < -0.3 is 14.2 Å². The number of ether oxygens (including phenoxy) is 3. The number of hydrogen-bond donors (Lipinski definition) is 1. The van der Waals surface area contributed by atoms with E-state index < -0.39 is 10.0 Å². The second-order valence-electron chi connectivity index (χ2n) is 7.33. The van der Waals surface area contributed by atoms with E-state index in [1.54, 1.807) is 44.6 Å². The van der Waals surface area contributed by atoms with Gasteiger partial charge in [-0.25, -0.2) is 13.1 Å². The number of fused-ring (bicyclic) bond motifs is 1. The highest BCUT2D eigenvalue weighted by Gasteiger charge is 2.16. The molecule has 0 radical (unpaired) electrons. The number of benzene rings is 2. The predicted molar refractivity (Wildman–Crippen MR) is 127 cm³/mol. The summed E-state index contributed by atoms with van der Waals surface area (Å²) in [5.41, 5.74) is 2.15. The number of hydrogen-bond acceptors (Lipinski definition) is 8. The molecule has 0 bridgehead atoms. The van der Waals surface area contributed by atoms with Crippen molar-refractivity contribution >= 4 is 15.7 Å². The van der Waals surface area contributed by atoms with E-state index in [1.807, 2.05) is 30.3 Å². The Morgan fingerprint density at radius 3 is 2.56 bits per heavy atom. The summed E-state index contributed by atoms with van der Waals surface area (Å²) in [6, 6.07) is 18.2. The first kappa shape index (κ1) is 23.5. The number of rotatable bonds is 11. The molecule has 1 N–H and O–H groups in total. The second-order valence-corrected chi connectivity index (χ2v) is 9.26. The van der Waals surface area contributed by atoms with Crippen molar-refractivity contribution in [2.45, 2.75) is 6.42 Å². The molecule has 2 heterocycles. The van der Waals surface area contributed by atoms with Crippen molar-refractivity contribution in [2.75, 3.05) is 33.1 Å². The lowest BCUT2D eigenvalue weighted by Crippen LogP contribution is -2.31. The first-order valence-corrected chi connectivity index (χ1v) is 12.2. The molecule has 0 saturated heterocycles. The third kappa shape index (κ3) is 5.61. The van der Waals surface area contributed by atoms with Crippen LogP contribution in [0.5, 0.6) is 17.4 Å². The molecule has 0 unspecified atom stereocenters. The van der Waals surface area contributed by atoms with Crippen LogP contribution < -0.4 is 18.9 Å². The van der Waals surface area contributed by atoms with E-state index in [9.17, 15) is 8.42 Å². The number of methoxy groups -OCH3 is 2. The minimum atomic E-state index is -3.42. The van der Waals surface area contributed by atoms with Gasteiger partial charge >= 0.3 is 0 Å². The summed E-state index contributed by atoms with van der Waals surface area (Å²) in [5, 5.41) is 12.8. The fraction of sp³-hybridized carbons (Fsp3) is 0.261. The fourth-order valence-electron chi connectivity index (χ4n) is 3.33. The highest BCUT2D eigenvalue weighted by Crippen LogP contribution is 2.32. The van der Waals surface area contributed by atoms with Gasteiger partial charge in [0.1, 0.15) is 18.1 Å². The average Bonchev–Trinajstić information content (AvgIpc) is 3.29. The van der Waals surface area contributed by atoms with E-state index in [4.69, 9.17) is 14.2 Å². The molecular formula is C23H25N5O5S. The van der Waals surface area contributed by atoms with E-state index in [1.165, 1.54) is 4.52 Å². The van der Waals surface area contributed by atoms with Gasteiger partial charge in [-0.2, -0.15) is 4.52 Å². The number of aromatic nitrogens is 4. The summed E-state index contributed by atoms with van der Waals surface area (Å²) in [5.74, 6) is 2.00. The largest absolute Gasteiger partial charge is 0.497 e. The summed E-state index contributed by atoms with van der Waals surface area (Å²) >= 11 is 0. The molecule has 0 aliphatic heterocycles. The molecule has 0 aliphatic carbocycles. The lowest BCUT2D eigenvalue weighted by molar-refractivity contribution is 0.306. The molecule has 4 rings (SSSR count). The molecule has 0 saturated carbocycles. The zero-order valence-corrected chi connectivity index (χ0v) is 19.7. The minimum Gasteiger partial charge on any atom is -0.497 e. The van der Waals surface area contributed by atoms with Gasteiger partial charge in [-0.15, -0.1) is 15.3 Å². The Morgan fingerprint density at radius 2 is 1.79 bits per heavy atom. The maximum Gasteiger partial charge on any atom is 0.231 e.